The summed E-state index contributed by atoms with van der Waals surface area (Å²) < 4.78 is 13.2. The van der Waals surface area contributed by atoms with Crippen LogP contribution < -0.4 is 5.32 Å². The predicted octanol–water partition coefficient (Wildman–Crippen LogP) is 2.11. The average Bonchev–Trinajstić information content (AvgIpc) is 2.17. The number of hydrogen-bond acceptors (Lipinski definition) is 2. The van der Waals surface area contributed by atoms with E-state index in [1.54, 1.807) is 18.2 Å². The van der Waals surface area contributed by atoms with Gasteiger partial charge in [-0.15, -0.1) is 12.4 Å². The Balaban J connectivity index is 0.00000196. The molecule has 15 heavy (non-hydrogen) atoms. The summed E-state index contributed by atoms with van der Waals surface area (Å²) in [6, 6.07) is 6.63. The summed E-state index contributed by atoms with van der Waals surface area (Å²) in [6.45, 7) is 4.20. The Labute approximate surface area is 95.9 Å². The van der Waals surface area contributed by atoms with Gasteiger partial charge in [0.1, 0.15) is 5.82 Å². The smallest absolute Gasteiger partial charge is 0.127 e. The summed E-state index contributed by atoms with van der Waals surface area (Å²) in [4.78, 5) is 0. The molecule has 0 fully saturated rings. The second-order valence-corrected chi connectivity index (χ2v) is 3.99. The summed E-state index contributed by atoms with van der Waals surface area (Å²) in [5.41, 5.74) is 0.247. The lowest BCUT2D eigenvalue weighted by Crippen LogP contribution is -2.42. The number of hydrogen-bond donors (Lipinski definition) is 2. The topological polar surface area (TPSA) is 32.3 Å². The Hall–Kier alpha value is -0.640. The molecule has 86 valence electrons. The number of benzene rings is 1. The highest BCUT2D eigenvalue weighted by atomic mass is 35.5. The molecular formula is C11H17ClFNO. The predicted molar refractivity (Wildman–Crippen MR) is 61.7 cm³/mol. The van der Waals surface area contributed by atoms with Gasteiger partial charge < -0.3 is 10.4 Å². The van der Waals surface area contributed by atoms with E-state index in [1.807, 2.05) is 13.8 Å². The van der Waals surface area contributed by atoms with E-state index < -0.39 is 0 Å². The van der Waals surface area contributed by atoms with Crippen LogP contribution in [0.4, 0.5) is 4.39 Å². The summed E-state index contributed by atoms with van der Waals surface area (Å²) in [5, 5.41) is 12.1. The number of aliphatic hydroxyl groups is 1. The van der Waals surface area contributed by atoms with E-state index in [1.165, 1.54) is 6.07 Å². The molecule has 0 unspecified atom stereocenters. The molecule has 2 nitrogen and oxygen atoms in total. The highest BCUT2D eigenvalue weighted by molar-refractivity contribution is 5.85. The maximum atomic E-state index is 13.2. The lowest BCUT2D eigenvalue weighted by atomic mass is 10.1. The van der Waals surface area contributed by atoms with Crippen molar-refractivity contribution in [2.24, 2.45) is 0 Å². The molecule has 0 heterocycles. The number of rotatable bonds is 4. The standard InChI is InChI=1S/C11H16FNO.ClH/c1-11(2,8-14)13-7-9-5-3-4-6-10(9)12;/h3-6,13-14H,7-8H2,1-2H3;1H. The number of nitrogens with one attached hydrogen (secondary N) is 1. The Morgan fingerprint density at radius 3 is 2.47 bits per heavy atom. The van der Waals surface area contributed by atoms with E-state index in [0.29, 0.717) is 12.1 Å². The first-order chi connectivity index (χ1) is 6.55. The molecule has 0 aliphatic heterocycles. The molecule has 4 heteroatoms. The fraction of sp³-hybridized carbons (Fsp3) is 0.455. The van der Waals surface area contributed by atoms with Crippen LogP contribution in [-0.4, -0.2) is 17.3 Å². The fourth-order valence-electron chi connectivity index (χ4n) is 1.03. The first kappa shape index (κ1) is 14.4. The maximum absolute atomic E-state index is 13.2. The Morgan fingerprint density at radius 2 is 1.93 bits per heavy atom. The van der Waals surface area contributed by atoms with Gasteiger partial charge in [0.2, 0.25) is 0 Å². The molecule has 0 spiro atoms. The van der Waals surface area contributed by atoms with Gasteiger partial charge in [-0.1, -0.05) is 18.2 Å². The summed E-state index contributed by atoms with van der Waals surface area (Å²) >= 11 is 0. The van der Waals surface area contributed by atoms with E-state index in [4.69, 9.17) is 5.11 Å². The second-order valence-electron chi connectivity index (χ2n) is 3.99. The van der Waals surface area contributed by atoms with Gasteiger partial charge in [-0.05, 0) is 19.9 Å². The summed E-state index contributed by atoms with van der Waals surface area (Å²) in [6.07, 6.45) is 0. The number of halogens is 2. The third-order valence-corrected chi connectivity index (χ3v) is 2.11. The van der Waals surface area contributed by atoms with Crippen LogP contribution in [0.25, 0.3) is 0 Å². The number of aliphatic hydroxyl groups excluding tert-OH is 1. The van der Waals surface area contributed by atoms with Gasteiger partial charge >= 0.3 is 0 Å². The molecule has 0 aliphatic carbocycles. The van der Waals surface area contributed by atoms with Gasteiger partial charge in [0.05, 0.1) is 6.61 Å². The molecule has 0 radical (unpaired) electrons. The zero-order valence-corrected chi connectivity index (χ0v) is 9.77. The van der Waals surface area contributed by atoms with Crippen molar-refractivity contribution < 1.29 is 9.50 Å². The normalized spacial score (nSPS) is 10.9. The third kappa shape index (κ3) is 4.60. The molecule has 0 aliphatic rings. The van der Waals surface area contributed by atoms with Crippen molar-refractivity contribution in [3.05, 3.63) is 35.6 Å². The second kappa shape index (κ2) is 6.05. The highest BCUT2D eigenvalue weighted by Crippen LogP contribution is 2.08. The van der Waals surface area contributed by atoms with Crippen molar-refractivity contribution in [2.75, 3.05) is 6.61 Å². The van der Waals surface area contributed by atoms with Crippen LogP contribution in [0, 0.1) is 5.82 Å². The van der Waals surface area contributed by atoms with E-state index in [0.717, 1.165) is 0 Å². The monoisotopic (exact) mass is 233 g/mol. The molecular weight excluding hydrogens is 217 g/mol. The molecule has 1 rings (SSSR count). The zero-order chi connectivity index (χ0) is 10.6. The van der Waals surface area contributed by atoms with Gasteiger partial charge in [-0.3, -0.25) is 0 Å². The molecule has 0 amide bonds. The zero-order valence-electron chi connectivity index (χ0n) is 8.96. The minimum absolute atomic E-state index is 0. The van der Waals surface area contributed by atoms with Crippen LogP contribution in [0.1, 0.15) is 19.4 Å². The first-order valence-electron chi connectivity index (χ1n) is 4.64. The average molecular weight is 234 g/mol. The van der Waals surface area contributed by atoms with Crippen molar-refractivity contribution >= 4 is 12.4 Å². The van der Waals surface area contributed by atoms with Crippen molar-refractivity contribution in [3.63, 3.8) is 0 Å². The van der Waals surface area contributed by atoms with Gasteiger partial charge in [0.15, 0.2) is 0 Å². The minimum Gasteiger partial charge on any atom is -0.394 e. The van der Waals surface area contributed by atoms with E-state index in [2.05, 4.69) is 5.32 Å². The lowest BCUT2D eigenvalue weighted by Gasteiger charge is -2.23. The molecule has 2 N–H and O–H groups in total. The van der Waals surface area contributed by atoms with Crippen LogP contribution in [-0.2, 0) is 6.54 Å². The van der Waals surface area contributed by atoms with E-state index in [9.17, 15) is 4.39 Å². The van der Waals surface area contributed by atoms with E-state index >= 15 is 0 Å². The summed E-state index contributed by atoms with van der Waals surface area (Å²) in [5.74, 6) is -0.214. The van der Waals surface area contributed by atoms with Crippen LogP contribution in [0.15, 0.2) is 24.3 Å². The highest BCUT2D eigenvalue weighted by Gasteiger charge is 2.15. The van der Waals surface area contributed by atoms with Crippen molar-refractivity contribution in [2.45, 2.75) is 25.9 Å². The molecule has 0 bridgehead atoms. The van der Waals surface area contributed by atoms with Crippen molar-refractivity contribution in [1.82, 2.24) is 5.32 Å². The van der Waals surface area contributed by atoms with Crippen molar-refractivity contribution in [1.29, 1.82) is 0 Å². The SMILES string of the molecule is CC(C)(CO)NCc1ccccc1F.Cl. The molecule has 0 saturated carbocycles. The molecule has 0 saturated heterocycles. The largest absolute Gasteiger partial charge is 0.394 e. The van der Waals surface area contributed by atoms with Gasteiger partial charge in [0, 0.05) is 17.6 Å². The Morgan fingerprint density at radius 1 is 1.33 bits per heavy atom. The van der Waals surface area contributed by atoms with Crippen LogP contribution >= 0.6 is 12.4 Å². The van der Waals surface area contributed by atoms with Crippen LogP contribution in [0.5, 0.6) is 0 Å². The minimum atomic E-state index is -0.373. The first-order valence-corrected chi connectivity index (χ1v) is 4.64. The quantitative estimate of drug-likeness (QED) is 0.835. The maximum Gasteiger partial charge on any atom is 0.127 e. The van der Waals surface area contributed by atoms with Gasteiger partial charge in [-0.2, -0.15) is 0 Å². The van der Waals surface area contributed by atoms with Gasteiger partial charge in [-0.25, -0.2) is 4.39 Å². The van der Waals surface area contributed by atoms with Crippen LogP contribution in [0.3, 0.4) is 0 Å². The fourth-order valence-corrected chi connectivity index (χ4v) is 1.03. The molecule has 1 aromatic carbocycles. The van der Waals surface area contributed by atoms with E-state index in [-0.39, 0.29) is 30.4 Å². The summed E-state index contributed by atoms with van der Waals surface area (Å²) in [7, 11) is 0. The molecule has 0 atom stereocenters. The van der Waals surface area contributed by atoms with Crippen molar-refractivity contribution in [3.8, 4) is 0 Å². The molecule has 1 aromatic rings. The third-order valence-electron chi connectivity index (χ3n) is 2.11. The molecule has 0 aromatic heterocycles. The van der Waals surface area contributed by atoms with Crippen LogP contribution in [0.2, 0.25) is 0 Å². The van der Waals surface area contributed by atoms with Gasteiger partial charge in [0.25, 0.3) is 0 Å². The Bertz CT molecular complexity index is 304. The Kier molecular flexibility index (Phi) is 5.80. The lowest BCUT2D eigenvalue weighted by molar-refractivity contribution is 0.187.